The van der Waals surface area contributed by atoms with Crippen LogP contribution in [-0.2, 0) is 26.1 Å². The molecule has 1 aromatic rings. The van der Waals surface area contributed by atoms with Crippen molar-refractivity contribution in [2.75, 3.05) is 33.0 Å². The number of halogens is 2. The fourth-order valence-electron chi connectivity index (χ4n) is 5.37. The number of likely N-dealkylation sites (N-methyl/N-ethyl adjacent to an activating group) is 1. The maximum Gasteiger partial charge on any atom is 0.261 e. The molecule has 4 rings (SSSR count). The van der Waals surface area contributed by atoms with E-state index in [0.717, 1.165) is 44.5 Å². The quantitative estimate of drug-likeness (QED) is 0.602. The van der Waals surface area contributed by atoms with Gasteiger partial charge in [0.25, 0.3) is 10.1 Å². The van der Waals surface area contributed by atoms with E-state index in [9.17, 15) is 13.2 Å². The Kier molecular flexibility index (Phi) is 9.08. The van der Waals surface area contributed by atoms with Crippen molar-refractivity contribution in [1.29, 1.82) is 0 Å². The molecule has 1 N–H and O–H groups in total. The SMILES string of the molecule is CN(C(=O)Cc1ccc(Cl)c(Cl)c1)[C@@H]1CC[C@]2(CCCO2)C[C@H]1N1CCCC1.CS(=O)(=O)O. The van der Waals surface area contributed by atoms with Crippen molar-refractivity contribution in [3.63, 3.8) is 0 Å². The summed E-state index contributed by atoms with van der Waals surface area (Å²) in [6, 6.07) is 6.11. The second kappa shape index (κ2) is 11.2. The fraction of sp³-hybridized carbons (Fsp3) is 0.696. The summed E-state index contributed by atoms with van der Waals surface area (Å²) in [7, 11) is -1.69. The van der Waals surface area contributed by atoms with E-state index in [1.807, 2.05) is 18.0 Å². The predicted octanol–water partition coefficient (Wildman–Crippen LogP) is 4.06. The number of benzene rings is 1. The van der Waals surface area contributed by atoms with Gasteiger partial charge in [-0.3, -0.25) is 14.2 Å². The molecule has 2 heterocycles. The molecule has 10 heteroatoms. The van der Waals surface area contributed by atoms with Gasteiger partial charge in [0.05, 0.1) is 28.3 Å². The zero-order valence-corrected chi connectivity index (χ0v) is 21.6. The number of carbonyl (C=O) groups excluding carboxylic acids is 1. The Morgan fingerprint density at radius 3 is 2.45 bits per heavy atom. The summed E-state index contributed by atoms with van der Waals surface area (Å²) in [6.07, 6.45) is 9.08. The average molecular weight is 522 g/mol. The van der Waals surface area contributed by atoms with Gasteiger partial charge in [-0.1, -0.05) is 29.3 Å². The standard InChI is InChI=1S/C22H30Cl2N2O2.CH4O3S/c1-25(21(27)14-16-5-6-17(23)18(24)13-16)19-7-9-22(8-4-12-28-22)15-20(19)26-10-2-3-11-26;1-5(2,3)4/h5-6,13,19-20H,2-4,7-12,14-15H2,1H3;1H3,(H,2,3,4)/t19-,20-,22-;/m1./s1. The first kappa shape index (κ1) is 26.7. The minimum absolute atomic E-state index is 0.0529. The van der Waals surface area contributed by atoms with E-state index >= 15 is 0 Å². The third kappa shape index (κ3) is 7.54. The molecule has 1 saturated carbocycles. The van der Waals surface area contributed by atoms with E-state index < -0.39 is 10.1 Å². The molecule has 1 aromatic carbocycles. The van der Waals surface area contributed by atoms with Crippen LogP contribution in [0.5, 0.6) is 0 Å². The highest BCUT2D eigenvalue weighted by molar-refractivity contribution is 7.85. The Bertz CT molecular complexity index is 923. The zero-order valence-electron chi connectivity index (χ0n) is 19.3. The summed E-state index contributed by atoms with van der Waals surface area (Å²) in [4.78, 5) is 17.7. The third-order valence-electron chi connectivity index (χ3n) is 6.95. The lowest BCUT2D eigenvalue weighted by Gasteiger charge is -2.48. The molecule has 2 aliphatic heterocycles. The van der Waals surface area contributed by atoms with Crippen molar-refractivity contribution >= 4 is 39.2 Å². The molecule has 33 heavy (non-hydrogen) atoms. The molecule has 3 atom stereocenters. The summed E-state index contributed by atoms with van der Waals surface area (Å²) < 4.78 is 32.1. The number of likely N-dealkylation sites (tertiary alicyclic amines) is 1. The Labute approximate surface area is 207 Å². The molecule has 0 aromatic heterocycles. The van der Waals surface area contributed by atoms with E-state index in [2.05, 4.69) is 4.90 Å². The molecular weight excluding hydrogens is 487 g/mol. The normalized spacial score (nSPS) is 27.9. The molecule has 1 amide bonds. The lowest BCUT2D eigenvalue weighted by Crippen LogP contribution is -2.58. The van der Waals surface area contributed by atoms with Crippen LogP contribution in [0.3, 0.4) is 0 Å². The summed E-state index contributed by atoms with van der Waals surface area (Å²) in [5, 5.41) is 1.03. The first-order chi connectivity index (χ1) is 15.5. The predicted molar refractivity (Wildman–Crippen MR) is 131 cm³/mol. The molecule has 7 nitrogen and oxygen atoms in total. The highest BCUT2D eigenvalue weighted by atomic mass is 35.5. The van der Waals surface area contributed by atoms with Gasteiger partial charge in [-0.2, -0.15) is 8.42 Å². The number of carbonyl (C=O) groups is 1. The van der Waals surface area contributed by atoms with E-state index in [4.69, 9.17) is 32.5 Å². The molecule has 0 radical (unpaired) electrons. The second-order valence-corrected chi connectivity index (χ2v) is 11.7. The largest absolute Gasteiger partial charge is 0.375 e. The first-order valence-electron chi connectivity index (χ1n) is 11.5. The minimum Gasteiger partial charge on any atom is -0.375 e. The maximum atomic E-state index is 13.1. The highest BCUT2D eigenvalue weighted by Gasteiger charge is 2.47. The molecule has 3 aliphatic rings. The van der Waals surface area contributed by atoms with Crippen molar-refractivity contribution in [2.24, 2.45) is 0 Å². The van der Waals surface area contributed by atoms with E-state index in [1.165, 1.54) is 25.7 Å². The number of nitrogens with zero attached hydrogens (tertiary/aromatic N) is 2. The maximum absolute atomic E-state index is 13.1. The second-order valence-electron chi connectivity index (χ2n) is 9.42. The molecular formula is C23H34Cl2N2O5S. The zero-order chi connectivity index (χ0) is 24.2. The summed E-state index contributed by atoms with van der Waals surface area (Å²) in [5.41, 5.74) is 0.965. The van der Waals surface area contributed by atoms with Crippen LogP contribution >= 0.6 is 23.2 Å². The van der Waals surface area contributed by atoms with Crippen LogP contribution in [0.25, 0.3) is 0 Å². The van der Waals surface area contributed by atoms with Gasteiger partial charge in [0.15, 0.2) is 0 Å². The molecule has 1 spiro atoms. The van der Waals surface area contributed by atoms with Gasteiger partial charge in [0, 0.05) is 25.7 Å². The van der Waals surface area contributed by atoms with Gasteiger partial charge >= 0.3 is 0 Å². The van der Waals surface area contributed by atoms with Crippen LogP contribution in [-0.4, -0.2) is 79.4 Å². The van der Waals surface area contributed by atoms with Gasteiger partial charge in [-0.25, -0.2) is 0 Å². The molecule has 186 valence electrons. The Hall–Kier alpha value is -0.900. The number of amides is 1. The lowest BCUT2D eigenvalue weighted by atomic mass is 9.76. The topological polar surface area (TPSA) is 87.2 Å². The van der Waals surface area contributed by atoms with Crippen molar-refractivity contribution in [3.05, 3.63) is 33.8 Å². The third-order valence-corrected chi connectivity index (χ3v) is 7.68. The molecule has 3 fully saturated rings. The van der Waals surface area contributed by atoms with Crippen LogP contribution in [0, 0.1) is 0 Å². The smallest absolute Gasteiger partial charge is 0.261 e. The van der Waals surface area contributed by atoms with Crippen molar-refractivity contribution < 1.29 is 22.5 Å². The molecule has 2 saturated heterocycles. The van der Waals surface area contributed by atoms with Gasteiger partial charge in [-0.15, -0.1) is 0 Å². The first-order valence-corrected chi connectivity index (χ1v) is 14.1. The Balaban J connectivity index is 0.000000555. The Morgan fingerprint density at radius 1 is 1.21 bits per heavy atom. The van der Waals surface area contributed by atoms with Crippen LogP contribution in [0.2, 0.25) is 10.0 Å². The van der Waals surface area contributed by atoms with Crippen LogP contribution in [0.1, 0.15) is 50.5 Å². The van der Waals surface area contributed by atoms with Crippen LogP contribution in [0.4, 0.5) is 0 Å². The molecule has 0 unspecified atom stereocenters. The highest BCUT2D eigenvalue weighted by Crippen LogP contribution is 2.43. The van der Waals surface area contributed by atoms with Gasteiger partial charge < -0.3 is 9.64 Å². The van der Waals surface area contributed by atoms with Crippen molar-refractivity contribution in [2.45, 2.75) is 69.1 Å². The molecule has 1 aliphatic carbocycles. The van der Waals surface area contributed by atoms with Gasteiger partial charge in [-0.05, 0) is 75.7 Å². The number of hydrogen-bond acceptors (Lipinski definition) is 5. The van der Waals surface area contributed by atoms with Gasteiger partial charge in [0.1, 0.15) is 0 Å². The summed E-state index contributed by atoms with van der Waals surface area (Å²) >= 11 is 12.1. The van der Waals surface area contributed by atoms with E-state index in [0.29, 0.717) is 28.8 Å². The fourth-order valence-corrected chi connectivity index (χ4v) is 5.69. The minimum atomic E-state index is -3.67. The summed E-state index contributed by atoms with van der Waals surface area (Å²) in [6.45, 7) is 3.18. The van der Waals surface area contributed by atoms with Crippen LogP contribution < -0.4 is 0 Å². The number of rotatable bonds is 4. The van der Waals surface area contributed by atoms with E-state index in [-0.39, 0.29) is 17.6 Å². The van der Waals surface area contributed by atoms with Crippen LogP contribution in [0.15, 0.2) is 18.2 Å². The van der Waals surface area contributed by atoms with Crippen molar-refractivity contribution in [1.82, 2.24) is 9.80 Å². The molecule has 0 bridgehead atoms. The van der Waals surface area contributed by atoms with Crippen molar-refractivity contribution in [3.8, 4) is 0 Å². The lowest BCUT2D eigenvalue weighted by molar-refractivity contribution is -0.136. The average Bonchev–Trinajstić information content (AvgIpc) is 3.42. The summed E-state index contributed by atoms with van der Waals surface area (Å²) in [5.74, 6) is 0.149. The number of hydrogen-bond donors (Lipinski definition) is 1. The monoisotopic (exact) mass is 520 g/mol. The van der Waals surface area contributed by atoms with Gasteiger partial charge in [0.2, 0.25) is 5.91 Å². The van der Waals surface area contributed by atoms with E-state index in [1.54, 1.807) is 12.1 Å². The Morgan fingerprint density at radius 2 is 1.88 bits per heavy atom. The number of ether oxygens (including phenoxy) is 1.